The quantitative estimate of drug-likeness (QED) is 0.657. The number of imide groups is 1. The molecule has 23 heavy (non-hydrogen) atoms. The van der Waals surface area contributed by atoms with Gasteiger partial charge in [-0.1, -0.05) is 6.08 Å². The van der Waals surface area contributed by atoms with Gasteiger partial charge in [0.2, 0.25) is 0 Å². The molecule has 4 amide bonds. The van der Waals surface area contributed by atoms with Crippen LogP contribution in [0.1, 0.15) is 23.3 Å². The standard InChI is InChI=1S/C16H20N4O3/c1-3-7-20-15(22)13-10-11(6-9-19(13)16(20)23)17-14(21)12-5-4-8-18(12)2/h3-5,8,11,13H,1,6-7,9-10H2,2H3,(H,17,21). The molecule has 0 radical (unpaired) electrons. The molecule has 1 N–H and O–H groups in total. The fraction of sp³-hybridized carbons (Fsp3) is 0.438. The second-order valence-electron chi connectivity index (χ2n) is 5.93. The first kappa shape index (κ1) is 15.3. The molecule has 2 atom stereocenters. The van der Waals surface area contributed by atoms with E-state index >= 15 is 0 Å². The molecule has 122 valence electrons. The lowest BCUT2D eigenvalue weighted by molar-refractivity contribution is -0.128. The van der Waals surface area contributed by atoms with Crippen molar-refractivity contribution < 1.29 is 14.4 Å². The zero-order chi connectivity index (χ0) is 16.6. The summed E-state index contributed by atoms with van der Waals surface area (Å²) < 4.78 is 1.75. The van der Waals surface area contributed by atoms with Gasteiger partial charge in [-0.3, -0.25) is 14.5 Å². The van der Waals surface area contributed by atoms with E-state index in [1.165, 1.54) is 4.90 Å². The maximum Gasteiger partial charge on any atom is 0.327 e. The summed E-state index contributed by atoms with van der Waals surface area (Å²) in [5.41, 5.74) is 0.578. The molecule has 3 heterocycles. The van der Waals surface area contributed by atoms with Crippen molar-refractivity contribution in [3.05, 3.63) is 36.7 Å². The molecule has 0 aromatic carbocycles. The molecule has 7 heteroatoms. The summed E-state index contributed by atoms with van der Waals surface area (Å²) in [5, 5.41) is 2.97. The van der Waals surface area contributed by atoms with Gasteiger partial charge in [-0.05, 0) is 25.0 Å². The van der Waals surface area contributed by atoms with E-state index in [-0.39, 0.29) is 30.4 Å². The number of urea groups is 1. The third-order valence-electron chi connectivity index (χ3n) is 4.45. The van der Waals surface area contributed by atoms with Crippen molar-refractivity contribution in [3.8, 4) is 0 Å². The van der Waals surface area contributed by atoms with Gasteiger partial charge in [0.15, 0.2) is 0 Å². The largest absolute Gasteiger partial charge is 0.348 e. The summed E-state index contributed by atoms with van der Waals surface area (Å²) in [6, 6.07) is 2.71. The fourth-order valence-corrected chi connectivity index (χ4v) is 3.24. The first-order valence-electron chi connectivity index (χ1n) is 7.68. The number of aryl methyl sites for hydroxylation is 1. The first-order valence-corrected chi connectivity index (χ1v) is 7.68. The number of amides is 4. The molecule has 2 fully saturated rings. The van der Waals surface area contributed by atoms with Crippen molar-refractivity contribution in [1.82, 2.24) is 19.7 Å². The van der Waals surface area contributed by atoms with Gasteiger partial charge in [-0.15, -0.1) is 6.58 Å². The lowest BCUT2D eigenvalue weighted by atomic mass is 9.98. The van der Waals surface area contributed by atoms with E-state index in [9.17, 15) is 14.4 Å². The van der Waals surface area contributed by atoms with Gasteiger partial charge in [-0.25, -0.2) is 4.79 Å². The average Bonchev–Trinajstić information content (AvgIpc) is 3.05. The Balaban J connectivity index is 1.67. The highest BCUT2D eigenvalue weighted by molar-refractivity contribution is 6.04. The molecule has 0 bridgehead atoms. The first-order chi connectivity index (χ1) is 11.0. The van der Waals surface area contributed by atoms with Crippen molar-refractivity contribution >= 4 is 17.8 Å². The Kier molecular flexibility index (Phi) is 3.94. The molecular formula is C16H20N4O3. The van der Waals surface area contributed by atoms with Crippen LogP contribution in [-0.4, -0.2) is 57.4 Å². The minimum Gasteiger partial charge on any atom is -0.348 e. The van der Waals surface area contributed by atoms with Crippen LogP contribution in [0, 0.1) is 0 Å². The number of piperidine rings is 1. The zero-order valence-corrected chi connectivity index (χ0v) is 13.1. The molecule has 7 nitrogen and oxygen atoms in total. The number of rotatable bonds is 4. The number of hydrogen-bond donors (Lipinski definition) is 1. The summed E-state index contributed by atoms with van der Waals surface area (Å²) in [7, 11) is 1.81. The van der Waals surface area contributed by atoms with Crippen LogP contribution >= 0.6 is 0 Å². The maximum absolute atomic E-state index is 12.4. The normalized spacial score (nSPS) is 23.9. The van der Waals surface area contributed by atoms with Gasteiger partial charge in [0.1, 0.15) is 11.7 Å². The van der Waals surface area contributed by atoms with E-state index in [1.807, 2.05) is 19.3 Å². The molecule has 2 aliphatic rings. The molecule has 1 aromatic rings. The average molecular weight is 316 g/mol. The number of carbonyl (C=O) groups excluding carboxylic acids is 3. The van der Waals surface area contributed by atoms with Gasteiger partial charge in [0, 0.05) is 32.4 Å². The molecular weight excluding hydrogens is 296 g/mol. The number of fused-ring (bicyclic) bond motifs is 1. The van der Waals surface area contributed by atoms with E-state index in [2.05, 4.69) is 11.9 Å². The second kappa shape index (κ2) is 5.91. The SMILES string of the molecule is C=CCN1C(=O)C2CC(NC(=O)c3cccn3C)CCN2C1=O. The van der Waals surface area contributed by atoms with Crippen molar-refractivity contribution in [3.63, 3.8) is 0 Å². The van der Waals surface area contributed by atoms with Crippen molar-refractivity contribution in [2.24, 2.45) is 7.05 Å². The lowest BCUT2D eigenvalue weighted by Gasteiger charge is -2.32. The van der Waals surface area contributed by atoms with E-state index in [0.29, 0.717) is 25.1 Å². The third-order valence-corrected chi connectivity index (χ3v) is 4.45. The van der Waals surface area contributed by atoms with E-state index in [4.69, 9.17) is 0 Å². The summed E-state index contributed by atoms with van der Waals surface area (Å²) in [6.07, 6.45) is 4.45. The summed E-state index contributed by atoms with van der Waals surface area (Å²) in [6.45, 7) is 4.28. The van der Waals surface area contributed by atoms with Crippen molar-refractivity contribution in [2.75, 3.05) is 13.1 Å². The van der Waals surface area contributed by atoms with E-state index in [1.54, 1.807) is 21.6 Å². The Morgan fingerprint density at radius 2 is 2.26 bits per heavy atom. The van der Waals surface area contributed by atoms with Crippen molar-refractivity contribution in [1.29, 1.82) is 0 Å². The predicted octanol–water partition coefficient (Wildman–Crippen LogP) is 0.736. The lowest BCUT2D eigenvalue weighted by Crippen LogP contribution is -2.50. The van der Waals surface area contributed by atoms with Crippen LogP contribution < -0.4 is 5.32 Å². The summed E-state index contributed by atoms with van der Waals surface area (Å²) in [5.74, 6) is -0.358. The third kappa shape index (κ3) is 2.62. The minimum absolute atomic E-state index is 0.112. The number of hydrogen-bond acceptors (Lipinski definition) is 3. The molecule has 2 saturated heterocycles. The zero-order valence-electron chi connectivity index (χ0n) is 13.1. The van der Waals surface area contributed by atoms with E-state index < -0.39 is 6.04 Å². The van der Waals surface area contributed by atoms with Gasteiger partial charge < -0.3 is 14.8 Å². The Hall–Kier alpha value is -2.57. The molecule has 3 rings (SSSR count). The van der Waals surface area contributed by atoms with Crippen LogP contribution in [0.25, 0.3) is 0 Å². The van der Waals surface area contributed by atoms with Crippen LogP contribution in [0.4, 0.5) is 4.79 Å². The van der Waals surface area contributed by atoms with Crippen LogP contribution in [-0.2, 0) is 11.8 Å². The molecule has 2 aliphatic heterocycles. The monoisotopic (exact) mass is 316 g/mol. The second-order valence-corrected chi connectivity index (χ2v) is 5.93. The smallest absolute Gasteiger partial charge is 0.327 e. The Morgan fingerprint density at radius 1 is 1.48 bits per heavy atom. The Morgan fingerprint density at radius 3 is 2.91 bits per heavy atom. The fourth-order valence-electron chi connectivity index (χ4n) is 3.24. The summed E-state index contributed by atoms with van der Waals surface area (Å²) in [4.78, 5) is 39.6. The highest BCUT2D eigenvalue weighted by Gasteiger charge is 2.47. The maximum atomic E-state index is 12.4. The highest BCUT2D eigenvalue weighted by Crippen LogP contribution is 2.27. The number of nitrogens with zero attached hydrogens (tertiary/aromatic N) is 3. The predicted molar refractivity (Wildman–Crippen MR) is 83.7 cm³/mol. The topological polar surface area (TPSA) is 74.7 Å². The summed E-state index contributed by atoms with van der Waals surface area (Å²) >= 11 is 0. The van der Waals surface area contributed by atoms with E-state index in [0.717, 1.165) is 0 Å². The number of aromatic nitrogens is 1. The number of nitrogens with one attached hydrogen (secondary N) is 1. The number of carbonyl (C=O) groups is 3. The van der Waals surface area contributed by atoms with Crippen LogP contribution in [0.15, 0.2) is 31.0 Å². The van der Waals surface area contributed by atoms with Gasteiger partial charge in [0.25, 0.3) is 11.8 Å². The van der Waals surface area contributed by atoms with Crippen molar-refractivity contribution in [2.45, 2.75) is 24.9 Å². The van der Waals surface area contributed by atoms with Crippen LogP contribution in [0.3, 0.4) is 0 Å². The van der Waals surface area contributed by atoms with Gasteiger partial charge in [0.05, 0.1) is 0 Å². The van der Waals surface area contributed by atoms with Crippen LogP contribution in [0.2, 0.25) is 0 Å². The Bertz CT molecular complexity index is 666. The highest BCUT2D eigenvalue weighted by atomic mass is 16.2. The molecule has 2 unspecified atom stereocenters. The molecule has 0 aliphatic carbocycles. The minimum atomic E-state index is -0.477. The molecule has 0 saturated carbocycles. The van der Waals surface area contributed by atoms with Gasteiger partial charge >= 0.3 is 6.03 Å². The molecule has 1 aromatic heterocycles. The van der Waals surface area contributed by atoms with Gasteiger partial charge in [-0.2, -0.15) is 0 Å². The molecule has 0 spiro atoms. The Labute approximate surface area is 134 Å². The van der Waals surface area contributed by atoms with Crippen LogP contribution in [0.5, 0.6) is 0 Å².